The first-order valence-electron chi connectivity index (χ1n) is 11.7. The van der Waals surface area contributed by atoms with Gasteiger partial charge in [-0.3, -0.25) is 0 Å². The van der Waals surface area contributed by atoms with Crippen LogP contribution in [0, 0.1) is 5.82 Å². The number of benzene rings is 3. The first kappa shape index (κ1) is 19.6. The van der Waals surface area contributed by atoms with Gasteiger partial charge >= 0.3 is 0 Å². The quantitative estimate of drug-likeness (QED) is 0.471. The van der Waals surface area contributed by atoms with Gasteiger partial charge in [-0.25, -0.2) is 14.4 Å². The number of nitrogens with zero attached hydrogens (tertiary/aromatic N) is 3. The van der Waals surface area contributed by atoms with E-state index in [4.69, 9.17) is 0 Å². The zero-order chi connectivity index (χ0) is 21.7. The number of hydrogen-bond acceptors (Lipinski definition) is 4. The van der Waals surface area contributed by atoms with Crippen molar-refractivity contribution in [2.45, 2.75) is 44.7 Å². The molecule has 1 N–H and O–H groups in total. The summed E-state index contributed by atoms with van der Waals surface area (Å²) in [7, 11) is 0. The van der Waals surface area contributed by atoms with E-state index >= 15 is 4.39 Å². The van der Waals surface area contributed by atoms with Crippen molar-refractivity contribution in [3.63, 3.8) is 0 Å². The minimum Gasteiger partial charge on any atom is -0.354 e. The number of fused-ring (bicyclic) bond motifs is 4. The van der Waals surface area contributed by atoms with Crippen molar-refractivity contribution >= 4 is 27.5 Å². The van der Waals surface area contributed by atoms with Crippen molar-refractivity contribution < 1.29 is 4.39 Å². The monoisotopic (exact) mass is 426 g/mol. The molecule has 0 radical (unpaired) electrons. The highest BCUT2D eigenvalue weighted by Gasteiger charge is 2.30. The fourth-order valence-electron chi connectivity index (χ4n) is 5.62. The van der Waals surface area contributed by atoms with Crippen LogP contribution in [0.1, 0.15) is 31.7 Å². The van der Waals surface area contributed by atoms with Gasteiger partial charge in [0.15, 0.2) is 5.82 Å². The highest BCUT2D eigenvalue weighted by Crippen LogP contribution is 2.37. The molecular formula is C27H27FN4. The Kier molecular flexibility index (Phi) is 4.80. The van der Waals surface area contributed by atoms with Gasteiger partial charge in [0.2, 0.25) is 0 Å². The molecule has 3 heterocycles. The molecule has 5 heteroatoms. The highest BCUT2D eigenvalue weighted by molar-refractivity contribution is 6.02. The Morgan fingerprint density at radius 2 is 1.81 bits per heavy atom. The Morgan fingerprint density at radius 1 is 0.969 bits per heavy atom. The zero-order valence-corrected chi connectivity index (χ0v) is 18.3. The van der Waals surface area contributed by atoms with Crippen LogP contribution >= 0.6 is 0 Å². The smallest absolute Gasteiger partial charge is 0.157 e. The number of rotatable bonds is 3. The van der Waals surface area contributed by atoms with Crippen LogP contribution in [0.5, 0.6) is 0 Å². The van der Waals surface area contributed by atoms with E-state index in [0.717, 1.165) is 53.5 Å². The van der Waals surface area contributed by atoms with E-state index < -0.39 is 0 Å². The molecule has 2 fully saturated rings. The van der Waals surface area contributed by atoms with E-state index in [0.29, 0.717) is 23.2 Å². The van der Waals surface area contributed by atoms with Gasteiger partial charge in [0, 0.05) is 36.1 Å². The summed E-state index contributed by atoms with van der Waals surface area (Å²) in [5.41, 5.74) is 3.16. The number of hydrogen-bond donors (Lipinski definition) is 1. The molecule has 32 heavy (non-hydrogen) atoms. The molecule has 2 saturated heterocycles. The second kappa shape index (κ2) is 7.82. The molecule has 6 rings (SSSR count). The molecule has 2 bridgehead atoms. The van der Waals surface area contributed by atoms with Gasteiger partial charge in [0.25, 0.3) is 0 Å². The van der Waals surface area contributed by atoms with Crippen LogP contribution in [0.3, 0.4) is 0 Å². The second-order valence-electron chi connectivity index (χ2n) is 9.07. The second-order valence-corrected chi connectivity index (χ2v) is 9.07. The average Bonchev–Trinajstić information content (AvgIpc) is 3.17. The Morgan fingerprint density at radius 3 is 2.69 bits per heavy atom. The van der Waals surface area contributed by atoms with Crippen LogP contribution < -0.4 is 10.2 Å². The van der Waals surface area contributed by atoms with Gasteiger partial charge in [0.1, 0.15) is 17.7 Å². The fourth-order valence-corrected chi connectivity index (χ4v) is 5.62. The number of aryl methyl sites for hydroxylation is 1. The molecule has 1 aromatic heterocycles. The van der Waals surface area contributed by atoms with Crippen LogP contribution in [0.15, 0.2) is 54.9 Å². The first-order valence-corrected chi connectivity index (χ1v) is 11.7. The lowest BCUT2D eigenvalue weighted by molar-refractivity contribution is 0.563. The van der Waals surface area contributed by atoms with E-state index in [1.807, 2.05) is 24.3 Å². The van der Waals surface area contributed by atoms with E-state index in [1.54, 1.807) is 0 Å². The van der Waals surface area contributed by atoms with E-state index in [9.17, 15) is 0 Å². The summed E-state index contributed by atoms with van der Waals surface area (Å²) in [4.78, 5) is 11.3. The molecule has 162 valence electrons. The standard InChI is InChI=1S/C27H27FN4/c1-2-17-5-3-6-18-7-4-8-21(24(17)18)22-11-12-23-26(25(22)28)29-16-30-27(23)32-14-13-19-9-10-20(15-32)31-19/h3-8,11-12,16,19-20,31H,2,9-10,13-15H2,1H3/t19-,20+/m1/s1. The van der Waals surface area contributed by atoms with E-state index in [2.05, 4.69) is 51.4 Å². The largest absolute Gasteiger partial charge is 0.354 e. The van der Waals surface area contributed by atoms with Crippen LogP contribution in [0.4, 0.5) is 10.2 Å². The predicted octanol–water partition coefficient (Wildman–Crippen LogP) is 5.48. The zero-order valence-electron chi connectivity index (χ0n) is 18.3. The van der Waals surface area contributed by atoms with Crippen LogP contribution in [-0.4, -0.2) is 35.1 Å². The third kappa shape index (κ3) is 3.15. The molecule has 4 aromatic rings. The molecule has 0 saturated carbocycles. The van der Waals surface area contributed by atoms with Crippen molar-refractivity contribution in [3.8, 4) is 11.1 Å². The maximum absolute atomic E-state index is 16.0. The van der Waals surface area contributed by atoms with Gasteiger partial charge in [-0.15, -0.1) is 0 Å². The van der Waals surface area contributed by atoms with Crippen LogP contribution in [0.25, 0.3) is 32.8 Å². The fraction of sp³-hybridized carbons (Fsp3) is 0.333. The van der Waals surface area contributed by atoms with Gasteiger partial charge < -0.3 is 10.2 Å². The molecule has 2 aliphatic rings. The minimum atomic E-state index is -0.265. The van der Waals surface area contributed by atoms with E-state index in [-0.39, 0.29) is 5.82 Å². The van der Waals surface area contributed by atoms with Crippen molar-refractivity contribution in [2.75, 3.05) is 18.0 Å². The van der Waals surface area contributed by atoms with Crippen LogP contribution in [0.2, 0.25) is 0 Å². The van der Waals surface area contributed by atoms with Gasteiger partial charge in [0.05, 0.1) is 0 Å². The Labute approximate surface area is 187 Å². The summed E-state index contributed by atoms with van der Waals surface area (Å²) in [6.07, 6.45) is 5.97. The van der Waals surface area contributed by atoms with E-state index in [1.165, 1.54) is 24.7 Å². The minimum absolute atomic E-state index is 0.265. The van der Waals surface area contributed by atoms with Gasteiger partial charge in [-0.2, -0.15) is 0 Å². The number of nitrogens with one attached hydrogen (secondary N) is 1. The Bertz CT molecular complexity index is 1310. The molecule has 0 amide bonds. The molecule has 2 atom stereocenters. The lowest BCUT2D eigenvalue weighted by atomic mass is 9.93. The highest BCUT2D eigenvalue weighted by atomic mass is 19.1. The SMILES string of the molecule is CCc1cccc2cccc(-c3ccc4c(N5CC[C@H]6CC[C@@H](C5)N6)ncnc4c3F)c12. The summed E-state index contributed by atoms with van der Waals surface area (Å²) in [6, 6.07) is 17.4. The third-order valence-corrected chi connectivity index (χ3v) is 7.21. The first-order chi connectivity index (χ1) is 15.7. The number of aromatic nitrogens is 2. The van der Waals surface area contributed by atoms with Crippen LogP contribution in [-0.2, 0) is 6.42 Å². The molecule has 0 spiro atoms. The van der Waals surface area contributed by atoms with Crippen molar-refractivity contribution in [1.82, 2.24) is 15.3 Å². The lowest BCUT2D eigenvalue weighted by Crippen LogP contribution is -2.35. The summed E-state index contributed by atoms with van der Waals surface area (Å²) < 4.78 is 16.0. The third-order valence-electron chi connectivity index (χ3n) is 7.21. The normalized spacial score (nSPS) is 20.8. The maximum atomic E-state index is 16.0. The summed E-state index contributed by atoms with van der Waals surface area (Å²) in [6.45, 7) is 3.99. The average molecular weight is 427 g/mol. The predicted molar refractivity (Wildman–Crippen MR) is 129 cm³/mol. The molecule has 3 aromatic carbocycles. The molecule has 0 aliphatic carbocycles. The summed E-state index contributed by atoms with van der Waals surface area (Å²) >= 11 is 0. The Hall–Kier alpha value is -3.05. The van der Waals surface area contributed by atoms with Gasteiger partial charge in [-0.05, 0) is 53.6 Å². The molecule has 0 unspecified atom stereocenters. The lowest BCUT2D eigenvalue weighted by Gasteiger charge is -2.26. The summed E-state index contributed by atoms with van der Waals surface area (Å²) in [5.74, 6) is 0.584. The maximum Gasteiger partial charge on any atom is 0.157 e. The van der Waals surface area contributed by atoms with Crippen molar-refractivity contribution in [1.29, 1.82) is 0 Å². The molecule has 4 nitrogen and oxygen atoms in total. The van der Waals surface area contributed by atoms with Gasteiger partial charge in [-0.1, -0.05) is 49.4 Å². The topological polar surface area (TPSA) is 41.0 Å². The number of halogens is 1. The van der Waals surface area contributed by atoms with Crippen molar-refractivity contribution in [2.24, 2.45) is 0 Å². The molecule has 2 aliphatic heterocycles. The molecular weight excluding hydrogens is 399 g/mol. The summed E-state index contributed by atoms with van der Waals surface area (Å²) in [5, 5.41) is 6.77. The number of anilines is 1. The Balaban J connectivity index is 1.49. The van der Waals surface area contributed by atoms with Crippen molar-refractivity contribution in [3.05, 3.63) is 66.2 Å².